The first kappa shape index (κ1) is 28.8. The monoisotopic (exact) mass is 527 g/mol. The molecule has 210 valence electrons. The topological polar surface area (TPSA) is 111 Å². The van der Waals surface area contributed by atoms with Crippen molar-refractivity contribution >= 4 is 11.9 Å². The second-order valence-electron chi connectivity index (χ2n) is 12.8. The maximum atomic E-state index is 12.8. The van der Waals surface area contributed by atoms with Crippen LogP contribution in [-0.4, -0.2) is 44.4 Å². The van der Waals surface area contributed by atoms with Crippen molar-refractivity contribution in [3.05, 3.63) is 10.4 Å². The molecule has 0 aromatic carbocycles. The predicted octanol–water partition coefficient (Wildman–Crippen LogP) is 6.09. The molecular formula is C30H45N3O5. The van der Waals surface area contributed by atoms with Gasteiger partial charge in [0.1, 0.15) is 19.3 Å². The highest BCUT2D eigenvalue weighted by Gasteiger charge is 2.65. The van der Waals surface area contributed by atoms with Crippen LogP contribution in [0.1, 0.15) is 85.0 Å². The molecule has 0 heterocycles. The Morgan fingerprint density at radius 2 is 1.92 bits per heavy atom. The third kappa shape index (κ3) is 5.29. The molecule has 4 saturated carbocycles. The Bertz CT molecular complexity index is 973. The summed E-state index contributed by atoms with van der Waals surface area (Å²) in [6, 6.07) is 0. The number of rotatable bonds is 9. The first-order valence-electron chi connectivity index (χ1n) is 14.5. The molecule has 4 aliphatic rings. The van der Waals surface area contributed by atoms with Gasteiger partial charge in [0.25, 0.3) is 0 Å². The molecule has 4 rings (SSSR count). The van der Waals surface area contributed by atoms with Crippen LogP contribution in [0.4, 0.5) is 0 Å². The molecule has 0 aromatic rings. The van der Waals surface area contributed by atoms with Gasteiger partial charge < -0.3 is 14.2 Å². The third-order valence-electron chi connectivity index (χ3n) is 11.4. The number of methoxy groups -OCH3 is 1. The van der Waals surface area contributed by atoms with E-state index in [1.807, 2.05) is 0 Å². The van der Waals surface area contributed by atoms with Crippen LogP contribution in [0.2, 0.25) is 0 Å². The van der Waals surface area contributed by atoms with Crippen molar-refractivity contribution in [2.45, 2.75) is 97.2 Å². The van der Waals surface area contributed by atoms with Crippen LogP contribution in [0.3, 0.4) is 0 Å². The molecule has 0 N–H and O–H groups in total. The molecule has 4 fully saturated rings. The van der Waals surface area contributed by atoms with E-state index in [0.717, 1.165) is 44.9 Å². The summed E-state index contributed by atoms with van der Waals surface area (Å²) in [5, 5.41) is 3.48. The summed E-state index contributed by atoms with van der Waals surface area (Å²) >= 11 is 0. The highest BCUT2D eigenvalue weighted by molar-refractivity contribution is 5.72. The number of fused-ring (bicyclic) bond motifs is 5. The van der Waals surface area contributed by atoms with E-state index >= 15 is 0 Å². The average molecular weight is 528 g/mol. The summed E-state index contributed by atoms with van der Waals surface area (Å²) in [5.74, 6) is 4.81. The zero-order valence-electron chi connectivity index (χ0n) is 23.6. The van der Waals surface area contributed by atoms with Crippen molar-refractivity contribution in [3.63, 3.8) is 0 Å². The van der Waals surface area contributed by atoms with Crippen molar-refractivity contribution in [3.8, 4) is 12.3 Å². The van der Waals surface area contributed by atoms with Crippen molar-refractivity contribution in [2.24, 2.45) is 51.5 Å². The highest BCUT2D eigenvalue weighted by atomic mass is 16.5. The fourth-order valence-electron chi connectivity index (χ4n) is 9.54. The van der Waals surface area contributed by atoms with Gasteiger partial charge in [-0.15, -0.1) is 6.42 Å². The van der Waals surface area contributed by atoms with Gasteiger partial charge in [-0.2, -0.15) is 0 Å². The molecule has 0 spiro atoms. The van der Waals surface area contributed by atoms with E-state index in [-0.39, 0.29) is 35.6 Å². The van der Waals surface area contributed by atoms with E-state index in [0.29, 0.717) is 48.5 Å². The van der Waals surface area contributed by atoms with E-state index in [1.54, 1.807) is 0 Å². The van der Waals surface area contributed by atoms with E-state index in [4.69, 9.17) is 26.2 Å². The molecule has 8 heteroatoms. The van der Waals surface area contributed by atoms with Gasteiger partial charge in [-0.05, 0) is 104 Å². The highest BCUT2D eigenvalue weighted by Crippen LogP contribution is 2.69. The van der Waals surface area contributed by atoms with Crippen LogP contribution in [0.15, 0.2) is 5.11 Å². The van der Waals surface area contributed by atoms with E-state index < -0.39 is 5.97 Å². The first-order valence-corrected chi connectivity index (χ1v) is 14.5. The van der Waals surface area contributed by atoms with E-state index in [2.05, 4.69) is 36.7 Å². The van der Waals surface area contributed by atoms with Gasteiger partial charge in [0.15, 0.2) is 0 Å². The number of ether oxygens (including phenoxy) is 3. The minimum absolute atomic E-state index is 0.168. The summed E-state index contributed by atoms with van der Waals surface area (Å²) in [6.45, 7) is 7.14. The summed E-state index contributed by atoms with van der Waals surface area (Å²) in [7, 11) is 1.44. The van der Waals surface area contributed by atoms with Crippen LogP contribution in [-0.2, 0) is 23.8 Å². The summed E-state index contributed by atoms with van der Waals surface area (Å²) in [5.41, 5.74) is 8.76. The average Bonchev–Trinajstić information content (AvgIpc) is 3.27. The van der Waals surface area contributed by atoms with Gasteiger partial charge in [-0.3, -0.25) is 9.59 Å². The number of hydrogen-bond acceptors (Lipinski definition) is 6. The quantitative estimate of drug-likeness (QED) is 0.119. The Morgan fingerprint density at radius 1 is 1.13 bits per heavy atom. The van der Waals surface area contributed by atoms with Crippen LogP contribution < -0.4 is 0 Å². The second kappa shape index (κ2) is 11.9. The number of hydrogen-bond donors (Lipinski definition) is 0. The van der Waals surface area contributed by atoms with Crippen molar-refractivity contribution < 1.29 is 23.8 Å². The van der Waals surface area contributed by atoms with Gasteiger partial charge in [-0.25, -0.2) is 0 Å². The SMILES string of the molecule is C#CCO[C@@H]1CC[C@@]2(C)[C@H](CC[C@@H]3[C@@H]2C[C@H](OC(=O)CN=[N+]=[N-])[C@]2(C)[C@@H]([C@H](C)CCC(=O)OC)CC[C@@H]32)C1. The Hall–Kier alpha value is -2.23. The predicted molar refractivity (Wildman–Crippen MR) is 143 cm³/mol. The molecule has 10 atom stereocenters. The fourth-order valence-corrected chi connectivity index (χ4v) is 9.54. The Kier molecular flexibility index (Phi) is 9.00. The van der Waals surface area contributed by atoms with Crippen molar-refractivity contribution in [1.29, 1.82) is 0 Å². The number of esters is 2. The molecule has 0 bridgehead atoms. The second-order valence-corrected chi connectivity index (χ2v) is 12.8. The van der Waals surface area contributed by atoms with Crippen LogP contribution >= 0.6 is 0 Å². The van der Waals surface area contributed by atoms with Gasteiger partial charge in [0.2, 0.25) is 0 Å². The van der Waals surface area contributed by atoms with Crippen LogP contribution in [0.5, 0.6) is 0 Å². The lowest BCUT2D eigenvalue weighted by Crippen LogP contribution is -2.59. The summed E-state index contributed by atoms with van der Waals surface area (Å²) in [6.07, 6.45) is 15.3. The zero-order chi connectivity index (χ0) is 27.5. The number of nitrogens with zero attached hydrogens (tertiary/aromatic N) is 3. The molecule has 0 unspecified atom stereocenters. The molecule has 8 nitrogen and oxygen atoms in total. The van der Waals surface area contributed by atoms with Crippen molar-refractivity contribution in [1.82, 2.24) is 0 Å². The maximum Gasteiger partial charge on any atom is 0.312 e. The zero-order valence-corrected chi connectivity index (χ0v) is 23.6. The Balaban J connectivity index is 1.60. The minimum atomic E-state index is -0.442. The number of azide groups is 1. The summed E-state index contributed by atoms with van der Waals surface area (Å²) in [4.78, 5) is 27.5. The molecule has 0 aliphatic heterocycles. The lowest BCUT2D eigenvalue weighted by atomic mass is 9.43. The maximum absolute atomic E-state index is 12.8. The first-order chi connectivity index (χ1) is 18.2. The minimum Gasteiger partial charge on any atom is -0.469 e. The molecule has 0 radical (unpaired) electrons. The van der Waals surface area contributed by atoms with Crippen LogP contribution in [0.25, 0.3) is 10.4 Å². The van der Waals surface area contributed by atoms with E-state index in [9.17, 15) is 9.59 Å². The number of terminal acetylenes is 1. The Morgan fingerprint density at radius 3 is 2.63 bits per heavy atom. The molecule has 4 aliphatic carbocycles. The van der Waals surface area contributed by atoms with Gasteiger partial charge in [0, 0.05) is 16.7 Å². The largest absolute Gasteiger partial charge is 0.469 e. The number of carbonyl (C=O) groups is 2. The third-order valence-corrected chi connectivity index (χ3v) is 11.4. The fraction of sp³-hybridized carbons (Fsp3) is 0.867. The number of carbonyl (C=O) groups excluding carboxylic acids is 2. The van der Waals surface area contributed by atoms with Gasteiger partial charge in [-0.1, -0.05) is 31.8 Å². The molecule has 0 aromatic heterocycles. The smallest absolute Gasteiger partial charge is 0.312 e. The molecule has 0 saturated heterocycles. The van der Waals surface area contributed by atoms with E-state index in [1.165, 1.54) is 20.0 Å². The van der Waals surface area contributed by atoms with Crippen LogP contribution in [0, 0.1) is 58.7 Å². The molecule has 38 heavy (non-hydrogen) atoms. The normalized spacial score (nSPS) is 40.3. The van der Waals surface area contributed by atoms with Gasteiger partial charge >= 0.3 is 11.9 Å². The van der Waals surface area contributed by atoms with Gasteiger partial charge in [0.05, 0.1) is 13.2 Å². The summed E-state index contributed by atoms with van der Waals surface area (Å²) < 4.78 is 17.1. The lowest BCUT2D eigenvalue weighted by Gasteiger charge is -2.63. The Labute approximate surface area is 227 Å². The molecular weight excluding hydrogens is 482 g/mol. The standard InChI is InChI=1S/C30H45N3O5/c1-6-15-37-21-13-14-29(3)20(16-21)8-9-22-24-11-10-23(19(2)7-12-27(34)36-5)30(24,4)26(17-25(22)29)38-28(35)18-32-33-31/h1,19-26H,7-18H2,2-5H3/t19-,20-,21-,22+,23-,24+,25+,26+,29+,30-/m1/s1. The lowest BCUT2D eigenvalue weighted by molar-refractivity contribution is -0.197. The van der Waals surface area contributed by atoms with Crippen molar-refractivity contribution in [2.75, 3.05) is 20.3 Å². The molecule has 0 amide bonds.